The van der Waals surface area contributed by atoms with Crippen molar-refractivity contribution in [3.8, 4) is 0 Å². The van der Waals surface area contributed by atoms with Crippen molar-refractivity contribution in [2.24, 2.45) is 5.41 Å². The van der Waals surface area contributed by atoms with Crippen LogP contribution in [0.3, 0.4) is 0 Å². The Morgan fingerprint density at radius 3 is 2.67 bits per heavy atom. The van der Waals surface area contributed by atoms with Crippen LogP contribution in [-0.2, 0) is 4.79 Å². The molecule has 2 aliphatic carbocycles. The summed E-state index contributed by atoms with van der Waals surface area (Å²) in [6.45, 7) is 5.86. The highest BCUT2D eigenvalue weighted by Gasteiger charge is 2.64. The molecule has 0 aromatic carbocycles. The smallest absolute Gasteiger partial charge is 0.176 e. The highest BCUT2D eigenvalue weighted by Crippen LogP contribution is 2.53. The fraction of sp³-hybridized carbons (Fsp3) is 0.611. The Hall–Kier alpha value is -1.19. The molecule has 3 nitrogen and oxygen atoms in total. The van der Waals surface area contributed by atoms with Gasteiger partial charge in [-0.1, -0.05) is 32.1 Å². The molecule has 0 aromatic heterocycles. The first-order valence-corrected chi connectivity index (χ1v) is 7.98. The zero-order valence-corrected chi connectivity index (χ0v) is 13.2. The van der Waals surface area contributed by atoms with E-state index >= 15 is 0 Å². The molecule has 0 amide bonds. The first-order chi connectivity index (χ1) is 9.97. The van der Waals surface area contributed by atoms with Gasteiger partial charge in [0.1, 0.15) is 6.10 Å². The lowest BCUT2D eigenvalue weighted by atomic mass is 9.83. The Bertz CT molecular complexity index is 511. The van der Waals surface area contributed by atoms with Gasteiger partial charge in [-0.25, -0.2) is 0 Å². The number of hydrogen-bond acceptors (Lipinski definition) is 3. The molecule has 2 aliphatic rings. The van der Waals surface area contributed by atoms with Crippen LogP contribution in [0.4, 0.5) is 0 Å². The molecule has 0 saturated heterocycles. The van der Waals surface area contributed by atoms with E-state index in [1.807, 2.05) is 6.92 Å². The molecular formula is C18H26O3. The summed E-state index contributed by atoms with van der Waals surface area (Å²) in [6.07, 6.45) is 9.24. The zero-order chi connectivity index (χ0) is 15.6. The van der Waals surface area contributed by atoms with Crippen LogP contribution >= 0.6 is 0 Å². The second-order valence-corrected chi connectivity index (χ2v) is 6.13. The van der Waals surface area contributed by atoms with E-state index in [0.29, 0.717) is 12.8 Å². The van der Waals surface area contributed by atoms with Crippen molar-refractivity contribution in [2.45, 2.75) is 65.1 Å². The average Bonchev–Trinajstić information content (AvgIpc) is 3.02. The second-order valence-electron chi connectivity index (χ2n) is 6.13. The molecule has 0 spiro atoms. The number of hydrogen-bond donors (Lipinski definition) is 2. The molecule has 1 fully saturated rings. The van der Waals surface area contributed by atoms with Gasteiger partial charge in [0.2, 0.25) is 0 Å². The summed E-state index contributed by atoms with van der Waals surface area (Å²) in [5, 5.41) is 19.3. The third kappa shape index (κ3) is 2.90. The van der Waals surface area contributed by atoms with Crippen molar-refractivity contribution in [2.75, 3.05) is 0 Å². The minimum absolute atomic E-state index is 0.0419. The van der Waals surface area contributed by atoms with Crippen molar-refractivity contribution in [3.63, 3.8) is 0 Å². The number of rotatable bonds is 6. The van der Waals surface area contributed by atoms with Gasteiger partial charge in [0.15, 0.2) is 5.78 Å². The molecule has 116 valence electrons. The van der Waals surface area contributed by atoms with Crippen LogP contribution in [0.15, 0.2) is 34.9 Å². The third-order valence-corrected chi connectivity index (χ3v) is 4.75. The lowest BCUT2D eigenvalue weighted by Gasteiger charge is -2.21. The summed E-state index contributed by atoms with van der Waals surface area (Å²) in [7, 11) is 0. The minimum Gasteiger partial charge on any atom is -0.393 e. The maximum atomic E-state index is 11.9. The molecular weight excluding hydrogens is 264 g/mol. The highest BCUT2D eigenvalue weighted by atomic mass is 16.3. The summed E-state index contributed by atoms with van der Waals surface area (Å²) in [4.78, 5) is 11.9. The molecule has 2 unspecified atom stereocenters. The van der Waals surface area contributed by atoms with Crippen LogP contribution < -0.4 is 0 Å². The average molecular weight is 290 g/mol. The van der Waals surface area contributed by atoms with Gasteiger partial charge in [-0.15, -0.1) is 0 Å². The summed E-state index contributed by atoms with van der Waals surface area (Å²) in [6, 6.07) is 0. The molecule has 0 aromatic rings. The van der Waals surface area contributed by atoms with E-state index in [9.17, 15) is 15.0 Å². The molecule has 0 heterocycles. The van der Waals surface area contributed by atoms with Crippen molar-refractivity contribution < 1.29 is 15.0 Å². The SMILES string of the molecule is CC/C(=C\C[C@@H](C)O)C1=CC(C2(CC)C(=O)C2O)=CCC1. The van der Waals surface area contributed by atoms with Crippen LogP contribution in [-0.4, -0.2) is 28.2 Å². The van der Waals surface area contributed by atoms with Gasteiger partial charge in [0.05, 0.1) is 11.5 Å². The molecule has 21 heavy (non-hydrogen) atoms. The minimum atomic E-state index is -0.823. The lowest BCUT2D eigenvalue weighted by Crippen LogP contribution is -2.12. The van der Waals surface area contributed by atoms with E-state index in [-0.39, 0.29) is 11.9 Å². The normalized spacial score (nSPS) is 30.8. The molecule has 3 atom stereocenters. The second kappa shape index (κ2) is 6.29. The first-order valence-electron chi connectivity index (χ1n) is 7.98. The molecule has 2 N–H and O–H groups in total. The number of aliphatic hydroxyl groups is 2. The number of ketones is 1. The molecule has 0 aliphatic heterocycles. The predicted molar refractivity (Wildman–Crippen MR) is 83.8 cm³/mol. The van der Waals surface area contributed by atoms with Gasteiger partial charge in [0, 0.05) is 0 Å². The molecule has 0 bridgehead atoms. The third-order valence-electron chi connectivity index (χ3n) is 4.75. The van der Waals surface area contributed by atoms with Crippen LogP contribution in [0.1, 0.15) is 52.9 Å². The quantitative estimate of drug-likeness (QED) is 0.790. The van der Waals surface area contributed by atoms with Gasteiger partial charge in [-0.05, 0) is 55.7 Å². The number of Topliss-reactive ketones (excluding diaryl/α,β-unsaturated/α-hetero) is 1. The number of aliphatic hydroxyl groups excluding tert-OH is 2. The summed E-state index contributed by atoms with van der Waals surface area (Å²) in [5.41, 5.74) is 2.83. The molecule has 3 heteroatoms. The van der Waals surface area contributed by atoms with Gasteiger partial charge in [-0.2, -0.15) is 0 Å². The fourth-order valence-corrected chi connectivity index (χ4v) is 3.28. The number of allylic oxidation sites excluding steroid dienone is 4. The Balaban J connectivity index is 2.25. The Labute approximate surface area is 127 Å². The van der Waals surface area contributed by atoms with Crippen LogP contribution in [0.2, 0.25) is 0 Å². The van der Waals surface area contributed by atoms with E-state index in [4.69, 9.17) is 0 Å². The lowest BCUT2D eigenvalue weighted by molar-refractivity contribution is -0.114. The van der Waals surface area contributed by atoms with Gasteiger partial charge in [-0.3, -0.25) is 4.79 Å². The van der Waals surface area contributed by atoms with E-state index in [1.54, 1.807) is 6.92 Å². The maximum absolute atomic E-state index is 11.9. The van der Waals surface area contributed by atoms with Crippen molar-refractivity contribution in [1.82, 2.24) is 0 Å². The summed E-state index contributed by atoms with van der Waals surface area (Å²) >= 11 is 0. The monoisotopic (exact) mass is 290 g/mol. The molecule has 0 radical (unpaired) electrons. The number of carbonyl (C=O) groups is 1. The molecule has 1 saturated carbocycles. The van der Waals surface area contributed by atoms with Gasteiger partial charge < -0.3 is 10.2 Å². The van der Waals surface area contributed by atoms with Crippen LogP contribution in [0, 0.1) is 5.41 Å². The van der Waals surface area contributed by atoms with Crippen molar-refractivity contribution in [1.29, 1.82) is 0 Å². The summed E-state index contributed by atoms with van der Waals surface area (Å²) in [5.74, 6) is -0.0419. The summed E-state index contributed by atoms with van der Waals surface area (Å²) < 4.78 is 0. The highest BCUT2D eigenvalue weighted by molar-refractivity contribution is 6.09. The Morgan fingerprint density at radius 1 is 1.52 bits per heavy atom. The standard InChI is InChI=1S/C18H26O3/c1-4-13(10-9-12(3)19)14-7-6-8-15(11-14)18(5-2)16(20)17(18)21/h8,10-12,16,19-20H,4-7,9H2,1-3H3/b13-10+/t12-,16?,18?/m1/s1. The zero-order valence-electron chi connectivity index (χ0n) is 13.2. The van der Waals surface area contributed by atoms with Crippen molar-refractivity contribution in [3.05, 3.63) is 34.9 Å². The van der Waals surface area contributed by atoms with Gasteiger partial charge >= 0.3 is 0 Å². The fourth-order valence-electron chi connectivity index (χ4n) is 3.28. The largest absolute Gasteiger partial charge is 0.393 e. The van der Waals surface area contributed by atoms with Crippen molar-refractivity contribution >= 4 is 5.78 Å². The molecule has 2 rings (SSSR count). The van der Waals surface area contributed by atoms with E-state index in [2.05, 4.69) is 25.2 Å². The topological polar surface area (TPSA) is 57.5 Å². The van der Waals surface area contributed by atoms with Crippen LogP contribution in [0.5, 0.6) is 0 Å². The predicted octanol–water partition coefficient (Wildman–Crippen LogP) is 3.08. The Kier molecular flexibility index (Phi) is 4.84. The van der Waals surface area contributed by atoms with E-state index in [1.165, 1.54) is 11.1 Å². The van der Waals surface area contributed by atoms with E-state index in [0.717, 1.165) is 24.8 Å². The number of carbonyl (C=O) groups excluding carboxylic acids is 1. The maximum Gasteiger partial charge on any atom is 0.176 e. The van der Waals surface area contributed by atoms with E-state index < -0.39 is 11.5 Å². The van der Waals surface area contributed by atoms with Crippen LogP contribution in [0.25, 0.3) is 0 Å². The van der Waals surface area contributed by atoms with Gasteiger partial charge in [0.25, 0.3) is 0 Å². The first kappa shape index (κ1) is 16.2. The Morgan fingerprint density at radius 2 is 2.19 bits per heavy atom.